The van der Waals surface area contributed by atoms with Gasteiger partial charge in [0.2, 0.25) is 0 Å². The van der Waals surface area contributed by atoms with Crippen molar-refractivity contribution in [2.24, 2.45) is 0 Å². The molecule has 2 aliphatic heterocycles. The molecular weight excluding hydrogens is 270 g/mol. The summed E-state index contributed by atoms with van der Waals surface area (Å²) in [5.74, 6) is -0.112. The van der Waals surface area contributed by atoms with Crippen molar-refractivity contribution in [2.45, 2.75) is 63.8 Å². The molecule has 2 unspecified atom stereocenters. The Hall–Kier alpha value is -1.69. The zero-order chi connectivity index (χ0) is 15.0. The number of amides is 1. The van der Waals surface area contributed by atoms with Crippen LogP contribution in [0.3, 0.4) is 0 Å². The first kappa shape index (κ1) is 14.3. The Kier molecular flexibility index (Phi) is 3.80. The molecule has 0 spiro atoms. The third-order valence-corrected chi connectivity index (χ3v) is 4.46. The molecule has 1 aromatic heterocycles. The Morgan fingerprint density at radius 3 is 2.62 bits per heavy atom. The van der Waals surface area contributed by atoms with Crippen molar-refractivity contribution in [3.63, 3.8) is 0 Å². The summed E-state index contributed by atoms with van der Waals surface area (Å²) in [7, 11) is 0. The molecule has 0 aromatic carbocycles. The summed E-state index contributed by atoms with van der Waals surface area (Å²) in [4.78, 5) is 26.3. The zero-order valence-corrected chi connectivity index (χ0v) is 12.2. The van der Waals surface area contributed by atoms with E-state index in [4.69, 9.17) is 0 Å². The number of rotatable bonds is 3. The predicted octanol–water partition coefficient (Wildman–Crippen LogP) is 0.781. The van der Waals surface area contributed by atoms with Gasteiger partial charge in [0.15, 0.2) is 0 Å². The molecule has 1 amide bonds. The molecule has 1 N–H and O–H groups in total. The molecule has 0 radical (unpaired) electrons. The van der Waals surface area contributed by atoms with Crippen molar-refractivity contribution in [1.82, 2.24) is 14.7 Å². The minimum Gasteiger partial charge on any atom is -0.393 e. The first-order valence-corrected chi connectivity index (χ1v) is 7.69. The molecule has 2 atom stereocenters. The third-order valence-electron chi connectivity index (χ3n) is 4.46. The van der Waals surface area contributed by atoms with Gasteiger partial charge in [0, 0.05) is 24.7 Å². The van der Waals surface area contributed by atoms with Crippen molar-refractivity contribution >= 4 is 5.91 Å². The Morgan fingerprint density at radius 2 is 2.00 bits per heavy atom. The highest BCUT2D eigenvalue weighted by atomic mass is 16.3. The lowest BCUT2D eigenvalue weighted by molar-refractivity contribution is 0.0280. The van der Waals surface area contributed by atoms with Gasteiger partial charge in [-0.25, -0.2) is 4.68 Å². The number of aliphatic hydroxyl groups excluding tert-OH is 1. The summed E-state index contributed by atoms with van der Waals surface area (Å²) in [5, 5.41) is 14.0. The van der Waals surface area contributed by atoms with Gasteiger partial charge in [0.05, 0.1) is 6.10 Å². The summed E-state index contributed by atoms with van der Waals surface area (Å²) in [6.45, 7) is 2.49. The van der Waals surface area contributed by atoms with Crippen LogP contribution in [0.4, 0.5) is 0 Å². The number of hydrogen-bond acceptors (Lipinski definition) is 4. The van der Waals surface area contributed by atoms with Crippen LogP contribution in [0.2, 0.25) is 0 Å². The number of nitrogens with zero attached hydrogens (tertiary/aromatic N) is 3. The van der Waals surface area contributed by atoms with Crippen molar-refractivity contribution in [2.75, 3.05) is 0 Å². The van der Waals surface area contributed by atoms with E-state index >= 15 is 0 Å². The van der Waals surface area contributed by atoms with E-state index in [9.17, 15) is 14.7 Å². The molecule has 114 valence electrons. The fraction of sp³-hybridized carbons (Fsp3) is 0.667. The lowest BCUT2D eigenvalue weighted by Gasteiger charge is -2.36. The van der Waals surface area contributed by atoms with Crippen LogP contribution >= 0.6 is 0 Å². The number of aromatic nitrogens is 2. The van der Waals surface area contributed by atoms with Crippen molar-refractivity contribution in [3.05, 3.63) is 28.2 Å². The summed E-state index contributed by atoms with van der Waals surface area (Å²) in [6, 6.07) is 3.15. The lowest BCUT2D eigenvalue weighted by Crippen LogP contribution is -2.48. The predicted molar refractivity (Wildman–Crippen MR) is 77.0 cm³/mol. The Bertz CT molecular complexity index is 584. The van der Waals surface area contributed by atoms with E-state index in [1.807, 2.05) is 11.8 Å². The molecule has 3 rings (SSSR count). The molecule has 2 saturated heterocycles. The Balaban J connectivity index is 1.86. The van der Waals surface area contributed by atoms with Gasteiger partial charge in [-0.15, -0.1) is 0 Å². The largest absolute Gasteiger partial charge is 0.393 e. The molecule has 1 aromatic rings. The van der Waals surface area contributed by atoms with Gasteiger partial charge in [-0.2, -0.15) is 5.10 Å². The molecule has 6 nitrogen and oxygen atoms in total. The van der Waals surface area contributed by atoms with Gasteiger partial charge in [-0.3, -0.25) is 9.59 Å². The van der Waals surface area contributed by atoms with Crippen LogP contribution in [-0.4, -0.2) is 43.9 Å². The van der Waals surface area contributed by atoms with Crippen molar-refractivity contribution in [3.8, 4) is 0 Å². The van der Waals surface area contributed by atoms with Gasteiger partial charge in [-0.05, 0) is 38.2 Å². The number of piperidine rings is 1. The summed E-state index contributed by atoms with van der Waals surface area (Å²) < 4.78 is 1.36. The van der Waals surface area contributed by atoms with Crippen LogP contribution in [0, 0.1) is 0 Å². The molecule has 0 saturated carbocycles. The summed E-state index contributed by atoms with van der Waals surface area (Å²) in [5.41, 5.74) is 0.154. The van der Waals surface area contributed by atoms with E-state index in [0.29, 0.717) is 25.1 Å². The van der Waals surface area contributed by atoms with Gasteiger partial charge >= 0.3 is 0 Å². The molecule has 21 heavy (non-hydrogen) atoms. The molecule has 3 heterocycles. The maximum Gasteiger partial charge on any atom is 0.274 e. The maximum absolute atomic E-state index is 12.7. The fourth-order valence-corrected chi connectivity index (χ4v) is 3.55. The Morgan fingerprint density at radius 1 is 1.33 bits per heavy atom. The van der Waals surface area contributed by atoms with E-state index < -0.39 is 0 Å². The second-order valence-electron chi connectivity index (χ2n) is 6.00. The van der Waals surface area contributed by atoms with Gasteiger partial charge in [0.25, 0.3) is 11.5 Å². The van der Waals surface area contributed by atoms with Crippen molar-refractivity contribution < 1.29 is 9.90 Å². The van der Waals surface area contributed by atoms with Crippen LogP contribution < -0.4 is 5.56 Å². The van der Waals surface area contributed by atoms with Crippen LogP contribution in [0.1, 0.15) is 49.5 Å². The summed E-state index contributed by atoms with van der Waals surface area (Å²) in [6.07, 6.45) is 3.69. The Labute approximate surface area is 123 Å². The normalized spacial score (nSPS) is 27.9. The quantitative estimate of drug-likeness (QED) is 0.893. The highest BCUT2D eigenvalue weighted by molar-refractivity contribution is 5.92. The van der Waals surface area contributed by atoms with Crippen LogP contribution in [0.15, 0.2) is 16.9 Å². The smallest absolute Gasteiger partial charge is 0.274 e. The molecule has 6 heteroatoms. The van der Waals surface area contributed by atoms with Gasteiger partial charge in [-0.1, -0.05) is 6.92 Å². The first-order chi connectivity index (χ1) is 10.1. The molecule has 2 aliphatic rings. The zero-order valence-electron chi connectivity index (χ0n) is 12.2. The van der Waals surface area contributed by atoms with Crippen LogP contribution in [-0.2, 0) is 6.54 Å². The van der Waals surface area contributed by atoms with Crippen LogP contribution in [0.5, 0.6) is 0 Å². The van der Waals surface area contributed by atoms with Crippen molar-refractivity contribution in [1.29, 1.82) is 0 Å². The van der Waals surface area contributed by atoms with E-state index in [0.717, 1.165) is 19.3 Å². The second kappa shape index (κ2) is 5.60. The monoisotopic (exact) mass is 291 g/mol. The highest BCUT2D eigenvalue weighted by Crippen LogP contribution is 2.36. The number of aryl methyl sites for hydroxylation is 1. The standard InChI is InChI=1S/C15H21N3O3/c1-2-7-17-14(20)6-5-13(16-17)15(21)18-10-3-4-11(18)9-12(19)8-10/h5-6,10-12,19H,2-4,7-9H2,1H3. The third kappa shape index (κ3) is 2.60. The molecule has 2 fully saturated rings. The van der Waals surface area contributed by atoms with E-state index in [1.165, 1.54) is 16.8 Å². The maximum atomic E-state index is 12.7. The number of fused-ring (bicyclic) bond motifs is 2. The summed E-state index contributed by atoms with van der Waals surface area (Å²) >= 11 is 0. The molecule has 0 aliphatic carbocycles. The lowest BCUT2D eigenvalue weighted by atomic mass is 9.99. The topological polar surface area (TPSA) is 75.4 Å². The number of carbonyl (C=O) groups is 1. The fourth-order valence-electron chi connectivity index (χ4n) is 3.55. The number of aliphatic hydroxyl groups is 1. The minimum absolute atomic E-state index is 0.111. The minimum atomic E-state index is -0.298. The second-order valence-corrected chi connectivity index (χ2v) is 6.00. The average Bonchev–Trinajstić information content (AvgIpc) is 2.73. The number of hydrogen-bond donors (Lipinski definition) is 1. The first-order valence-electron chi connectivity index (χ1n) is 7.69. The van der Waals surface area contributed by atoms with E-state index in [-0.39, 0.29) is 29.7 Å². The van der Waals surface area contributed by atoms with Crippen LogP contribution in [0.25, 0.3) is 0 Å². The van der Waals surface area contributed by atoms with Gasteiger partial charge < -0.3 is 10.0 Å². The van der Waals surface area contributed by atoms with E-state index in [1.54, 1.807) is 0 Å². The molecule has 2 bridgehead atoms. The SMILES string of the molecule is CCCn1nc(C(=O)N2C3CCC2CC(O)C3)ccc1=O. The number of carbonyl (C=O) groups excluding carboxylic acids is 1. The van der Waals surface area contributed by atoms with Gasteiger partial charge in [0.1, 0.15) is 5.69 Å². The average molecular weight is 291 g/mol. The highest BCUT2D eigenvalue weighted by Gasteiger charge is 2.43. The molecular formula is C15H21N3O3. The van der Waals surface area contributed by atoms with E-state index in [2.05, 4.69) is 5.10 Å².